The standard InChI is InChI=1S/C18H38.C2H3NO2.C2H4O2.Na.H/c1-3-5-7-9-11-13-15-17-18-16-14-12-10-8-6-4-2;3-1-2(4)5;1-2(3)4;;/h3-18H2,1-2H3;1,3H,(H,4,5);1H3,(H,3,4);;. The first-order valence-electron chi connectivity index (χ1n) is 10.8. The number of unbranched alkanes of at least 4 members (excludes halogenated alkanes) is 15. The van der Waals surface area contributed by atoms with Crippen molar-refractivity contribution >= 4 is 47.7 Å². The molecule has 0 fully saturated rings. The summed E-state index contributed by atoms with van der Waals surface area (Å²) in [5.74, 6) is -2.04. The predicted octanol–water partition coefficient (Wildman–Crippen LogP) is 6.43. The summed E-state index contributed by atoms with van der Waals surface area (Å²) in [6.07, 6.45) is 23.7. The first-order chi connectivity index (χ1) is 12.9. The third-order valence-corrected chi connectivity index (χ3v) is 4.08. The van der Waals surface area contributed by atoms with Gasteiger partial charge in [-0.25, -0.2) is 4.79 Å². The van der Waals surface area contributed by atoms with Gasteiger partial charge in [0.05, 0.1) is 0 Å². The molecule has 0 saturated heterocycles. The van der Waals surface area contributed by atoms with Gasteiger partial charge in [-0.1, -0.05) is 117 Å². The Bertz CT molecular complexity index is 306. The fourth-order valence-electron chi connectivity index (χ4n) is 2.62. The van der Waals surface area contributed by atoms with Gasteiger partial charge in [-0.3, -0.25) is 4.79 Å². The minimum absolute atomic E-state index is 0. The van der Waals surface area contributed by atoms with E-state index in [2.05, 4.69) is 13.8 Å². The van der Waals surface area contributed by atoms with E-state index in [-0.39, 0.29) is 29.6 Å². The van der Waals surface area contributed by atoms with E-state index in [9.17, 15) is 0 Å². The quantitative estimate of drug-likeness (QED) is 0.155. The Morgan fingerprint density at radius 3 is 0.893 bits per heavy atom. The number of rotatable bonds is 16. The number of carboxylic acids is 2. The van der Waals surface area contributed by atoms with Crippen LogP contribution < -0.4 is 0 Å². The van der Waals surface area contributed by atoms with Crippen molar-refractivity contribution in [3.63, 3.8) is 0 Å². The van der Waals surface area contributed by atoms with Crippen LogP contribution >= 0.6 is 0 Å². The van der Waals surface area contributed by atoms with E-state index in [0.717, 1.165) is 6.92 Å². The topological polar surface area (TPSA) is 98.5 Å². The summed E-state index contributed by atoms with van der Waals surface area (Å²) >= 11 is 0. The van der Waals surface area contributed by atoms with Gasteiger partial charge in [-0.2, -0.15) is 0 Å². The van der Waals surface area contributed by atoms with E-state index in [1.165, 1.54) is 103 Å². The maximum absolute atomic E-state index is 9.12. The van der Waals surface area contributed by atoms with Crippen LogP contribution in [0.5, 0.6) is 0 Å². The minimum atomic E-state index is -1.20. The molecule has 0 aliphatic rings. The van der Waals surface area contributed by atoms with Crippen molar-refractivity contribution in [3.8, 4) is 0 Å². The molecule has 0 unspecified atom stereocenters. The molecule has 0 aromatic heterocycles. The van der Waals surface area contributed by atoms with Crippen LogP contribution in [0.1, 0.15) is 124 Å². The summed E-state index contributed by atoms with van der Waals surface area (Å²) in [6.45, 7) is 5.67. The Morgan fingerprint density at radius 2 is 0.786 bits per heavy atom. The van der Waals surface area contributed by atoms with E-state index < -0.39 is 11.9 Å². The first kappa shape index (κ1) is 35.1. The second-order valence-corrected chi connectivity index (χ2v) is 6.95. The molecule has 0 aliphatic carbocycles. The van der Waals surface area contributed by atoms with Crippen LogP contribution in [0.3, 0.4) is 0 Å². The average Bonchev–Trinajstić information content (AvgIpc) is 2.62. The Balaban J connectivity index is -0.000000240. The zero-order valence-electron chi connectivity index (χ0n) is 18.1. The SMILES string of the molecule is CC(=O)O.CCCCCCCCCCCCCCCCCC.N=CC(=O)O.[NaH]. The molecule has 0 aromatic carbocycles. The molecule has 0 saturated carbocycles. The summed E-state index contributed by atoms with van der Waals surface area (Å²) in [5, 5.41) is 20.8. The van der Waals surface area contributed by atoms with E-state index in [4.69, 9.17) is 25.2 Å². The predicted molar refractivity (Wildman–Crippen MR) is 122 cm³/mol. The van der Waals surface area contributed by atoms with Crippen LogP contribution in [-0.2, 0) is 9.59 Å². The van der Waals surface area contributed by atoms with Crippen molar-refractivity contribution < 1.29 is 19.8 Å². The summed E-state index contributed by atoms with van der Waals surface area (Å²) < 4.78 is 0. The molecule has 164 valence electrons. The summed E-state index contributed by atoms with van der Waals surface area (Å²) in [6, 6.07) is 0. The third kappa shape index (κ3) is 56.2. The second-order valence-electron chi connectivity index (χ2n) is 6.95. The van der Waals surface area contributed by atoms with E-state index in [0.29, 0.717) is 6.21 Å². The third-order valence-electron chi connectivity index (χ3n) is 4.08. The molecule has 0 radical (unpaired) electrons. The normalized spacial score (nSPS) is 9.11. The van der Waals surface area contributed by atoms with Gasteiger partial charge in [0, 0.05) is 6.92 Å². The molecular weight excluding hydrogens is 365 g/mol. The van der Waals surface area contributed by atoms with Gasteiger partial charge in [0.2, 0.25) is 0 Å². The molecule has 3 N–H and O–H groups in total. The van der Waals surface area contributed by atoms with Gasteiger partial charge in [0.25, 0.3) is 5.97 Å². The molecule has 0 rings (SSSR count). The summed E-state index contributed by atoms with van der Waals surface area (Å²) in [4.78, 5) is 18.1. The Kier molecular flexibility index (Phi) is 42.8. The van der Waals surface area contributed by atoms with Crippen LogP contribution in [0.15, 0.2) is 0 Å². The number of aliphatic carboxylic acids is 2. The van der Waals surface area contributed by atoms with Crippen molar-refractivity contribution in [2.45, 2.75) is 124 Å². The molecule has 0 heterocycles. The van der Waals surface area contributed by atoms with E-state index >= 15 is 0 Å². The Labute approximate surface area is 195 Å². The van der Waals surface area contributed by atoms with Gasteiger partial charge in [-0.15, -0.1) is 0 Å². The molecule has 5 nitrogen and oxygen atoms in total. The molecule has 0 bridgehead atoms. The first-order valence-corrected chi connectivity index (χ1v) is 10.8. The van der Waals surface area contributed by atoms with E-state index in [1.54, 1.807) is 0 Å². The zero-order valence-corrected chi connectivity index (χ0v) is 18.1. The maximum atomic E-state index is 9.12. The number of carbonyl (C=O) groups is 2. The fourth-order valence-corrected chi connectivity index (χ4v) is 2.62. The van der Waals surface area contributed by atoms with Gasteiger partial charge in [0.1, 0.15) is 6.21 Å². The van der Waals surface area contributed by atoms with Crippen LogP contribution in [0, 0.1) is 5.41 Å². The van der Waals surface area contributed by atoms with E-state index in [1.807, 2.05) is 0 Å². The Hall–Kier alpha value is -0.390. The molecule has 6 heteroatoms. The van der Waals surface area contributed by atoms with Crippen molar-refractivity contribution in [1.29, 1.82) is 5.41 Å². The second kappa shape index (κ2) is 34.1. The van der Waals surface area contributed by atoms with Crippen LogP contribution in [0.25, 0.3) is 0 Å². The van der Waals surface area contributed by atoms with Crippen molar-refractivity contribution in [1.82, 2.24) is 0 Å². The van der Waals surface area contributed by atoms with Crippen LogP contribution in [0.2, 0.25) is 0 Å². The molecule has 0 spiro atoms. The molecule has 0 aromatic rings. The number of hydrogen-bond acceptors (Lipinski definition) is 3. The molecular formula is C22H46NNaO4. The fraction of sp³-hybridized carbons (Fsp3) is 0.864. The van der Waals surface area contributed by atoms with Gasteiger partial charge >= 0.3 is 35.5 Å². The molecule has 0 amide bonds. The van der Waals surface area contributed by atoms with Crippen molar-refractivity contribution in [2.75, 3.05) is 0 Å². The zero-order chi connectivity index (χ0) is 21.2. The number of nitrogens with one attached hydrogen (secondary N) is 1. The molecule has 0 atom stereocenters. The van der Waals surface area contributed by atoms with Gasteiger partial charge < -0.3 is 15.6 Å². The van der Waals surface area contributed by atoms with Gasteiger partial charge in [0.15, 0.2) is 0 Å². The van der Waals surface area contributed by atoms with Crippen LogP contribution in [-0.4, -0.2) is 57.9 Å². The van der Waals surface area contributed by atoms with Crippen molar-refractivity contribution in [3.05, 3.63) is 0 Å². The Morgan fingerprint density at radius 1 is 0.643 bits per heavy atom. The van der Waals surface area contributed by atoms with Crippen molar-refractivity contribution in [2.24, 2.45) is 0 Å². The summed E-state index contributed by atoms with van der Waals surface area (Å²) in [7, 11) is 0. The summed E-state index contributed by atoms with van der Waals surface area (Å²) in [5.41, 5.74) is 0. The van der Waals surface area contributed by atoms with Crippen LogP contribution in [0.4, 0.5) is 0 Å². The number of carboxylic acid groups (broad SMARTS) is 2. The average molecular weight is 412 g/mol. The van der Waals surface area contributed by atoms with Gasteiger partial charge in [-0.05, 0) is 0 Å². The molecule has 0 aliphatic heterocycles. The monoisotopic (exact) mass is 411 g/mol. The molecule has 28 heavy (non-hydrogen) atoms. The number of hydrogen-bond donors (Lipinski definition) is 3.